The maximum Gasteiger partial charge on any atom is 0.0723 e. The highest BCUT2D eigenvalue weighted by atomic mass is 16.3. The highest BCUT2D eigenvalue weighted by molar-refractivity contribution is 5.11. The zero-order chi connectivity index (χ0) is 13.9. The number of hydrogen-bond acceptors (Lipinski definition) is 2. The molecular weight excluding hydrogens is 248 g/mol. The third kappa shape index (κ3) is 1.77. The van der Waals surface area contributed by atoms with Crippen LogP contribution in [-0.2, 0) is 0 Å². The predicted molar refractivity (Wildman–Crippen MR) is 79.0 cm³/mol. The summed E-state index contributed by atoms with van der Waals surface area (Å²) in [6, 6.07) is 0. The van der Waals surface area contributed by atoms with Gasteiger partial charge in [0, 0.05) is 0 Å². The first-order valence-electron chi connectivity index (χ1n) is 8.64. The summed E-state index contributed by atoms with van der Waals surface area (Å²) < 4.78 is 0. The highest BCUT2D eigenvalue weighted by Gasteiger charge is 2.56. The molecule has 0 aliphatic heterocycles. The lowest BCUT2D eigenvalue weighted by molar-refractivity contribution is -0.0703. The smallest absolute Gasteiger partial charge is 0.0723 e. The molecule has 4 rings (SSSR count). The van der Waals surface area contributed by atoms with Crippen molar-refractivity contribution in [2.75, 3.05) is 0 Å². The van der Waals surface area contributed by atoms with Crippen molar-refractivity contribution in [2.45, 2.75) is 64.1 Å². The Morgan fingerprint density at radius 2 is 1.80 bits per heavy atom. The molecule has 4 aliphatic carbocycles. The zero-order valence-corrected chi connectivity index (χ0v) is 12.5. The summed E-state index contributed by atoms with van der Waals surface area (Å²) in [4.78, 5) is 0. The van der Waals surface area contributed by atoms with Crippen LogP contribution in [0.5, 0.6) is 0 Å². The van der Waals surface area contributed by atoms with Crippen molar-refractivity contribution in [3.8, 4) is 0 Å². The lowest BCUT2D eigenvalue weighted by Gasteiger charge is -2.54. The molecule has 112 valence electrons. The number of rotatable bonds is 0. The summed E-state index contributed by atoms with van der Waals surface area (Å²) in [7, 11) is 0. The molecule has 2 N–H and O–H groups in total. The Morgan fingerprint density at radius 3 is 2.65 bits per heavy atom. The molecule has 4 aliphatic rings. The number of aliphatic hydroxyl groups excluding tert-OH is 2. The fourth-order valence-corrected chi connectivity index (χ4v) is 6.35. The number of hydrogen-bond donors (Lipinski definition) is 2. The monoisotopic (exact) mass is 276 g/mol. The number of allylic oxidation sites excluding steroid dienone is 1. The van der Waals surface area contributed by atoms with E-state index in [0.29, 0.717) is 11.8 Å². The summed E-state index contributed by atoms with van der Waals surface area (Å²) >= 11 is 0. The summed E-state index contributed by atoms with van der Waals surface area (Å²) in [5.74, 6) is 3.82. The van der Waals surface area contributed by atoms with Gasteiger partial charge < -0.3 is 10.2 Å². The average Bonchev–Trinajstić information content (AvgIpc) is 2.74. The van der Waals surface area contributed by atoms with E-state index in [1.54, 1.807) is 0 Å². The van der Waals surface area contributed by atoms with Crippen LogP contribution in [0.15, 0.2) is 12.2 Å². The number of fused-ring (bicyclic) bond motifs is 5. The number of aliphatic hydroxyl groups is 2. The van der Waals surface area contributed by atoms with E-state index >= 15 is 0 Å². The van der Waals surface area contributed by atoms with E-state index in [2.05, 4.69) is 13.0 Å². The van der Waals surface area contributed by atoms with Gasteiger partial charge in [-0.2, -0.15) is 0 Å². The summed E-state index contributed by atoms with van der Waals surface area (Å²) in [6.07, 6.45) is 12.5. The van der Waals surface area contributed by atoms with Crippen molar-refractivity contribution in [1.29, 1.82) is 0 Å². The standard InChI is InChI=1S/C18H28O2/c1-18-9-8-14-13-5-3-12(19)10-11(13)2-4-15(14)16(18)6-7-17(18)20/h3,5,11-17,19-20H,2,4,6-10H2,1H3/t11-,12-,13-,14+,15+,16-,17+,18-/m0/s1. The van der Waals surface area contributed by atoms with E-state index in [-0.39, 0.29) is 17.6 Å². The van der Waals surface area contributed by atoms with Crippen molar-refractivity contribution >= 4 is 0 Å². The van der Waals surface area contributed by atoms with Crippen molar-refractivity contribution in [3.63, 3.8) is 0 Å². The van der Waals surface area contributed by atoms with Gasteiger partial charge in [0.1, 0.15) is 0 Å². The average molecular weight is 276 g/mol. The van der Waals surface area contributed by atoms with Crippen molar-refractivity contribution in [3.05, 3.63) is 12.2 Å². The van der Waals surface area contributed by atoms with Crippen LogP contribution in [0.1, 0.15) is 51.9 Å². The van der Waals surface area contributed by atoms with Crippen LogP contribution < -0.4 is 0 Å². The molecular formula is C18H28O2. The van der Waals surface area contributed by atoms with Crippen molar-refractivity contribution in [2.24, 2.45) is 35.0 Å². The third-order valence-corrected chi connectivity index (χ3v) is 7.45. The molecule has 2 heteroatoms. The Morgan fingerprint density at radius 1 is 0.950 bits per heavy atom. The van der Waals surface area contributed by atoms with Gasteiger partial charge in [0.05, 0.1) is 12.2 Å². The van der Waals surface area contributed by atoms with E-state index < -0.39 is 0 Å². The van der Waals surface area contributed by atoms with Crippen LogP contribution in [0.4, 0.5) is 0 Å². The summed E-state index contributed by atoms with van der Waals surface area (Å²) in [5.41, 5.74) is 0.200. The molecule has 3 saturated carbocycles. The fourth-order valence-electron chi connectivity index (χ4n) is 6.35. The first kappa shape index (κ1) is 13.3. The van der Waals surface area contributed by atoms with Gasteiger partial charge in [-0.15, -0.1) is 0 Å². The van der Waals surface area contributed by atoms with E-state index in [1.807, 2.05) is 6.08 Å². The first-order valence-corrected chi connectivity index (χ1v) is 8.64. The molecule has 2 nitrogen and oxygen atoms in total. The molecule has 0 aromatic heterocycles. The lowest BCUT2D eigenvalue weighted by atomic mass is 9.51. The normalized spacial score (nSPS) is 57.9. The Hall–Kier alpha value is -0.340. The molecule has 8 atom stereocenters. The molecule has 0 bridgehead atoms. The van der Waals surface area contributed by atoms with E-state index in [4.69, 9.17) is 0 Å². The molecule has 0 aromatic carbocycles. The van der Waals surface area contributed by atoms with Gasteiger partial charge >= 0.3 is 0 Å². The summed E-state index contributed by atoms with van der Waals surface area (Å²) in [5, 5.41) is 20.2. The molecule has 0 saturated heterocycles. The molecule has 0 amide bonds. The molecule has 3 fully saturated rings. The molecule has 0 aromatic rings. The second-order valence-electron chi connectivity index (χ2n) is 8.17. The molecule has 0 heterocycles. The van der Waals surface area contributed by atoms with Gasteiger partial charge in [-0.3, -0.25) is 0 Å². The molecule has 0 radical (unpaired) electrons. The van der Waals surface area contributed by atoms with E-state index in [9.17, 15) is 10.2 Å². The minimum atomic E-state index is -0.199. The maximum absolute atomic E-state index is 10.4. The predicted octanol–water partition coefficient (Wildman–Crippen LogP) is 3.14. The van der Waals surface area contributed by atoms with Crippen LogP contribution in [0.2, 0.25) is 0 Å². The third-order valence-electron chi connectivity index (χ3n) is 7.45. The minimum Gasteiger partial charge on any atom is -0.393 e. The Bertz CT molecular complexity index is 418. The van der Waals surface area contributed by atoms with E-state index in [0.717, 1.165) is 30.6 Å². The Balaban J connectivity index is 1.61. The second kappa shape index (κ2) is 4.58. The van der Waals surface area contributed by atoms with Crippen LogP contribution >= 0.6 is 0 Å². The quantitative estimate of drug-likeness (QED) is 0.667. The van der Waals surface area contributed by atoms with Gasteiger partial charge in [0.2, 0.25) is 0 Å². The SMILES string of the molecule is C[C@]12CC[C@@H]3[C@H]4C=C[C@H](O)C[C@@H]4CC[C@H]3[C@@H]1CC[C@H]2O. The Labute approximate surface area is 122 Å². The van der Waals surface area contributed by atoms with Gasteiger partial charge in [-0.05, 0) is 80.0 Å². The largest absolute Gasteiger partial charge is 0.393 e. The molecule has 20 heavy (non-hydrogen) atoms. The van der Waals surface area contributed by atoms with Crippen LogP contribution in [0.3, 0.4) is 0 Å². The zero-order valence-electron chi connectivity index (χ0n) is 12.5. The second-order valence-corrected chi connectivity index (χ2v) is 8.17. The van der Waals surface area contributed by atoms with Crippen LogP contribution in [0, 0.1) is 35.0 Å². The molecule has 0 spiro atoms. The van der Waals surface area contributed by atoms with Crippen molar-refractivity contribution in [1.82, 2.24) is 0 Å². The van der Waals surface area contributed by atoms with Crippen molar-refractivity contribution < 1.29 is 10.2 Å². The minimum absolute atomic E-state index is 0.0603. The first-order chi connectivity index (χ1) is 9.59. The highest BCUT2D eigenvalue weighted by Crippen LogP contribution is 2.61. The lowest BCUT2D eigenvalue weighted by Crippen LogP contribution is -2.48. The van der Waals surface area contributed by atoms with Crippen LogP contribution in [0.25, 0.3) is 0 Å². The van der Waals surface area contributed by atoms with Gasteiger partial charge in [0.25, 0.3) is 0 Å². The molecule has 0 unspecified atom stereocenters. The summed E-state index contributed by atoms with van der Waals surface area (Å²) in [6.45, 7) is 2.35. The Kier molecular flexibility index (Phi) is 3.05. The maximum atomic E-state index is 10.4. The van der Waals surface area contributed by atoms with Gasteiger partial charge in [0.15, 0.2) is 0 Å². The van der Waals surface area contributed by atoms with Crippen LogP contribution in [-0.4, -0.2) is 22.4 Å². The van der Waals surface area contributed by atoms with E-state index in [1.165, 1.54) is 32.1 Å². The topological polar surface area (TPSA) is 40.5 Å². The fraction of sp³-hybridized carbons (Fsp3) is 0.889. The van der Waals surface area contributed by atoms with Gasteiger partial charge in [-0.25, -0.2) is 0 Å². The van der Waals surface area contributed by atoms with Gasteiger partial charge in [-0.1, -0.05) is 19.1 Å².